The highest BCUT2D eigenvalue weighted by molar-refractivity contribution is 6.29. The molecule has 1 aromatic heterocycles. The first-order valence-electron chi connectivity index (χ1n) is 12.6. The van der Waals surface area contributed by atoms with Gasteiger partial charge >= 0.3 is 0 Å². The predicted molar refractivity (Wildman–Crippen MR) is 144 cm³/mol. The summed E-state index contributed by atoms with van der Waals surface area (Å²) in [5.41, 5.74) is 2.02. The van der Waals surface area contributed by atoms with Crippen LogP contribution >= 0.6 is 11.6 Å². The smallest absolute Gasteiger partial charge is 0.254 e. The topological polar surface area (TPSA) is 87.5 Å². The van der Waals surface area contributed by atoms with Gasteiger partial charge in [-0.15, -0.1) is 0 Å². The molecule has 7 nitrogen and oxygen atoms in total. The van der Waals surface area contributed by atoms with Crippen LogP contribution in [0.1, 0.15) is 42.6 Å². The number of pyridine rings is 1. The molecule has 198 valence electrons. The van der Waals surface area contributed by atoms with Crippen molar-refractivity contribution in [2.75, 3.05) is 26.3 Å². The summed E-state index contributed by atoms with van der Waals surface area (Å²) >= 11 is 5.82. The molecule has 2 heterocycles. The Bertz CT molecular complexity index is 1270. The highest BCUT2D eigenvalue weighted by atomic mass is 35.5. The molecule has 1 amide bonds. The average molecular weight is 537 g/mol. The van der Waals surface area contributed by atoms with Crippen molar-refractivity contribution in [3.63, 3.8) is 0 Å². The molecule has 0 saturated carbocycles. The molecule has 3 aromatic rings. The first-order chi connectivity index (χ1) is 18.4. The number of rotatable bonds is 9. The summed E-state index contributed by atoms with van der Waals surface area (Å²) in [6.45, 7) is 6.66. The number of hydrogen-bond donors (Lipinski definition) is 1. The number of benzene rings is 2. The Hall–Kier alpha value is -3.67. The summed E-state index contributed by atoms with van der Waals surface area (Å²) in [6, 6.07) is 15.7. The highest BCUT2D eigenvalue weighted by Crippen LogP contribution is 2.40. The van der Waals surface area contributed by atoms with Crippen molar-refractivity contribution in [1.82, 2.24) is 15.2 Å². The number of ether oxygens (including phenoxy) is 2. The first kappa shape index (κ1) is 27.4. The van der Waals surface area contributed by atoms with E-state index in [2.05, 4.69) is 21.3 Å². The molecule has 0 aliphatic carbocycles. The van der Waals surface area contributed by atoms with Crippen molar-refractivity contribution in [2.24, 2.45) is 0 Å². The van der Waals surface area contributed by atoms with Gasteiger partial charge < -0.3 is 14.8 Å². The van der Waals surface area contributed by atoms with Crippen LogP contribution in [-0.4, -0.2) is 47.6 Å². The molecule has 38 heavy (non-hydrogen) atoms. The molecule has 0 unspecified atom stereocenters. The Labute approximate surface area is 227 Å². The number of likely N-dealkylation sites (tertiary alicyclic amines) is 1. The van der Waals surface area contributed by atoms with Gasteiger partial charge in [0, 0.05) is 25.8 Å². The van der Waals surface area contributed by atoms with Crippen molar-refractivity contribution < 1.29 is 18.7 Å². The van der Waals surface area contributed by atoms with Crippen molar-refractivity contribution in [1.29, 1.82) is 5.26 Å². The van der Waals surface area contributed by atoms with Crippen LogP contribution in [0.4, 0.5) is 4.39 Å². The van der Waals surface area contributed by atoms with Gasteiger partial charge in [-0.2, -0.15) is 5.26 Å². The molecule has 9 heteroatoms. The average Bonchev–Trinajstić information content (AvgIpc) is 2.91. The van der Waals surface area contributed by atoms with E-state index in [1.54, 1.807) is 24.3 Å². The van der Waals surface area contributed by atoms with Crippen LogP contribution in [0, 0.1) is 17.1 Å². The molecule has 4 rings (SSSR count). The van der Waals surface area contributed by atoms with Gasteiger partial charge in [0.25, 0.3) is 5.91 Å². The molecule has 1 aliphatic rings. The van der Waals surface area contributed by atoms with Gasteiger partial charge in [-0.1, -0.05) is 23.7 Å². The van der Waals surface area contributed by atoms with E-state index in [1.165, 1.54) is 18.3 Å². The standard InChI is InChI=1S/C29H30ClFN4O3/c1-3-37-24-15-20(16-25(38-4-2)27(24)21-5-8-23(31)9-6-21)18-35-13-11-29(19-32,12-14-35)34-28(36)22-7-10-26(30)33-17-22/h5-10,15-17H,3-4,11-14,18H2,1-2H3,(H,34,36). The van der Waals surface area contributed by atoms with Crippen LogP contribution in [0.5, 0.6) is 11.5 Å². The number of carbonyl (C=O) groups excluding carboxylic acids is 1. The number of nitrogens with zero attached hydrogens (tertiary/aromatic N) is 3. The number of hydrogen-bond acceptors (Lipinski definition) is 6. The Balaban J connectivity index is 1.50. The fourth-order valence-corrected chi connectivity index (χ4v) is 4.70. The second-order valence-corrected chi connectivity index (χ2v) is 9.52. The van der Waals surface area contributed by atoms with E-state index in [9.17, 15) is 14.4 Å². The van der Waals surface area contributed by atoms with Gasteiger partial charge in [-0.3, -0.25) is 9.69 Å². The fourth-order valence-electron chi connectivity index (χ4n) is 4.59. The van der Waals surface area contributed by atoms with Crippen LogP contribution in [0.25, 0.3) is 11.1 Å². The van der Waals surface area contributed by atoms with Gasteiger partial charge in [0.2, 0.25) is 0 Å². The van der Waals surface area contributed by atoms with Gasteiger partial charge in [0.05, 0.1) is 30.4 Å². The van der Waals surface area contributed by atoms with Gasteiger partial charge in [0.15, 0.2) is 0 Å². The molecular formula is C29H30ClFN4O3. The molecule has 1 saturated heterocycles. The highest BCUT2D eigenvalue weighted by Gasteiger charge is 2.36. The summed E-state index contributed by atoms with van der Waals surface area (Å²) in [4.78, 5) is 18.9. The van der Waals surface area contributed by atoms with E-state index in [4.69, 9.17) is 21.1 Å². The zero-order chi connectivity index (χ0) is 27.1. The zero-order valence-electron chi connectivity index (χ0n) is 21.5. The third-order valence-corrected chi connectivity index (χ3v) is 6.75. The maximum atomic E-state index is 13.6. The maximum Gasteiger partial charge on any atom is 0.254 e. The molecule has 1 N–H and O–H groups in total. The van der Waals surface area contributed by atoms with Crippen LogP contribution in [0.3, 0.4) is 0 Å². The largest absolute Gasteiger partial charge is 0.493 e. The second kappa shape index (κ2) is 12.2. The lowest BCUT2D eigenvalue weighted by Gasteiger charge is -2.37. The maximum absolute atomic E-state index is 13.6. The van der Waals surface area contributed by atoms with E-state index in [1.807, 2.05) is 26.0 Å². The molecule has 2 aromatic carbocycles. The van der Waals surface area contributed by atoms with Gasteiger partial charge in [0.1, 0.15) is 28.0 Å². The quantitative estimate of drug-likeness (QED) is 0.357. The zero-order valence-corrected chi connectivity index (χ0v) is 22.2. The molecule has 1 fully saturated rings. The minimum Gasteiger partial charge on any atom is -0.493 e. The summed E-state index contributed by atoms with van der Waals surface area (Å²) in [6.07, 6.45) is 2.38. The number of aromatic nitrogens is 1. The van der Waals surface area contributed by atoms with Crippen molar-refractivity contribution >= 4 is 17.5 Å². The van der Waals surface area contributed by atoms with Gasteiger partial charge in [-0.25, -0.2) is 9.37 Å². The second-order valence-electron chi connectivity index (χ2n) is 9.13. The molecular weight excluding hydrogens is 507 g/mol. The number of piperidine rings is 1. The Morgan fingerprint density at radius 2 is 1.74 bits per heavy atom. The Morgan fingerprint density at radius 1 is 1.11 bits per heavy atom. The van der Waals surface area contributed by atoms with E-state index >= 15 is 0 Å². The molecule has 1 aliphatic heterocycles. The lowest BCUT2D eigenvalue weighted by molar-refractivity contribution is 0.0865. The Morgan fingerprint density at radius 3 is 2.26 bits per heavy atom. The van der Waals surface area contributed by atoms with Crippen molar-refractivity contribution in [2.45, 2.75) is 38.8 Å². The van der Waals surface area contributed by atoms with E-state index in [0.717, 1.165) is 16.7 Å². The summed E-state index contributed by atoms with van der Waals surface area (Å²) in [5.74, 6) is 0.698. The van der Waals surface area contributed by atoms with Crippen LogP contribution < -0.4 is 14.8 Å². The minimum atomic E-state index is -0.952. The van der Waals surface area contributed by atoms with E-state index in [0.29, 0.717) is 67.9 Å². The van der Waals surface area contributed by atoms with Crippen molar-refractivity contribution in [3.05, 3.63) is 76.8 Å². The number of carbonyl (C=O) groups is 1. The first-order valence-corrected chi connectivity index (χ1v) is 13.0. The number of nitriles is 1. The molecule has 0 radical (unpaired) electrons. The number of halogens is 2. The lowest BCUT2D eigenvalue weighted by Crippen LogP contribution is -2.54. The third-order valence-electron chi connectivity index (χ3n) is 6.53. The van der Waals surface area contributed by atoms with Gasteiger partial charge in [-0.05, 0) is 74.2 Å². The summed E-state index contributed by atoms with van der Waals surface area (Å²) < 4.78 is 25.5. The monoisotopic (exact) mass is 536 g/mol. The van der Waals surface area contributed by atoms with Crippen LogP contribution in [-0.2, 0) is 6.54 Å². The molecule has 0 atom stereocenters. The fraction of sp³-hybridized carbons (Fsp3) is 0.345. The predicted octanol–water partition coefficient (Wildman–Crippen LogP) is 5.63. The number of nitrogens with one attached hydrogen (secondary N) is 1. The van der Waals surface area contributed by atoms with Crippen molar-refractivity contribution in [3.8, 4) is 28.7 Å². The molecule has 0 spiro atoms. The third kappa shape index (κ3) is 6.42. The summed E-state index contributed by atoms with van der Waals surface area (Å²) in [7, 11) is 0. The SMILES string of the molecule is CCOc1cc(CN2CCC(C#N)(NC(=O)c3ccc(Cl)nc3)CC2)cc(OCC)c1-c1ccc(F)cc1. The lowest BCUT2D eigenvalue weighted by atomic mass is 9.88. The summed E-state index contributed by atoms with van der Waals surface area (Å²) in [5, 5.41) is 13.1. The molecule has 0 bridgehead atoms. The number of amides is 1. The van der Waals surface area contributed by atoms with Crippen LogP contribution in [0.2, 0.25) is 5.15 Å². The van der Waals surface area contributed by atoms with E-state index in [-0.39, 0.29) is 11.7 Å². The minimum absolute atomic E-state index is 0.301. The van der Waals surface area contributed by atoms with E-state index < -0.39 is 5.54 Å². The normalized spacial score (nSPS) is 14.9. The van der Waals surface area contributed by atoms with Crippen LogP contribution in [0.15, 0.2) is 54.7 Å². The Kier molecular flexibility index (Phi) is 8.82.